The topological polar surface area (TPSA) is 76.5 Å². The monoisotopic (exact) mass is 382 g/mol. The summed E-state index contributed by atoms with van der Waals surface area (Å²) in [5.41, 5.74) is 0.0625. The molecule has 2 aliphatic heterocycles. The van der Waals surface area contributed by atoms with E-state index in [4.69, 9.17) is 4.74 Å². The molecule has 0 radical (unpaired) electrons. The predicted octanol–water partition coefficient (Wildman–Crippen LogP) is 1.94. The highest BCUT2D eigenvalue weighted by Gasteiger charge is 2.47. The Balaban J connectivity index is 1.52. The Morgan fingerprint density at radius 2 is 1.93 bits per heavy atom. The van der Waals surface area contributed by atoms with E-state index in [0.717, 1.165) is 5.82 Å². The standard InChI is InChI=1S/C21H26N4O3/c1-15(2)23-18(26)17-14-25-13-10-22-20(25)21(28-17)8-11-24(12-9-21)19(27)16-6-4-3-5-7-16/h3-7,10,13,15,17H,8-9,11-12,14H2,1-2H3,(H,23,26). The number of carbonyl (C=O) groups is 2. The van der Waals surface area contributed by atoms with Gasteiger partial charge in [-0.2, -0.15) is 0 Å². The molecule has 2 aromatic rings. The van der Waals surface area contributed by atoms with Crippen LogP contribution >= 0.6 is 0 Å². The van der Waals surface area contributed by atoms with Gasteiger partial charge in [0.2, 0.25) is 0 Å². The number of imidazole rings is 1. The number of hydrogen-bond acceptors (Lipinski definition) is 4. The molecule has 0 bridgehead atoms. The Labute approximate surface area is 164 Å². The van der Waals surface area contributed by atoms with Crippen LogP contribution in [-0.4, -0.2) is 51.5 Å². The lowest BCUT2D eigenvalue weighted by Gasteiger charge is -2.45. The molecule has 1 saturated heterocycles. The maximum Gasteiger partial charge on any atom is 0.253 e. The third kappa shape index (κ3) is 3.42. The maximum absolute atomic E-state index is 12.8. The second kappa shape index (κ2) is 7.39. The van der Waals surface area contributed by atoms with Gasteiger partial charge in [0.1, 0.15) is 11.4 Å². The van der Waals surface area contributed by atoms with Gasteiger partial charge in [-0.25, -0.2) is 4.98 Å². The molecule has 1 unspecified atom stereocenters. The number of amides is 2. The molecular weight excluding hydrogens is 356 g/mol. The highest BCUT2D eigenvalue weighted by molar-refractivity contribution is 5.94. The number of hydrogen-bond donors (Lipinski definition) is 1. The lowest BCUT2D eigenvalue weighted by Crippen LogP contribution is -2.55. The van der Waals surface area contributed by atoms with Gasteiger partial charge in [0.25, 0.3) is 11.8 Å². The van der Waals surface area contributed by atoms with Crippen molar-refractivity contribution in [3.8, 4) is 0 Å². The van der Waals surface area contributed by atoms with Crippen LogP contribution in [-0.2, 0) is 21.7 Å². The summed E-state index contributed by atoms with van der Waals surface area (Å²) in [6.07, 6.45) is 4.34. The van der Waals surface area contributed by atoms with E-state index in [9.17, 15) is 9.59 Å². The number of nitrogens with one attached hydrogen (secondary N) is 1. The number of aromatic nitrogens is 2. The lowest BCUT2D eigenvalue weighted by atomic mass is 9.88. The largest absolute Gasteiger partial charge is 0.352 e. The molecule has 1 aromatic carbocycles. The Morgan fingerprint density at radius 1 is 1.21 bits per heavy atom. The molecule has 7 nitrogen and oxygen atoms in total. The normalized spacial score (nSPS) is 20.8. The third-order valence-electron chi connectivity index (χ3n) is 5.46. The molecule has 3 heterocycles. The van der Waals surface area contributed by atoms with E-state index >= 15 is 0 Å². The van der Waals surface area contributed by atoms with Crippen LogP contribution in [0.5, 0.6) is 0 Å². The van der Waals surface area contributed by atoms with Gasteiger partial charge in [-0.15, -0.1) is 0 Å². The number of carbonyl (C=O) groups excluding carboxylic acids is 2. The van der Waals surface area contributed by atoms with Gasteiger partial charge in [0, 0.05) is 49.9 Å². The average molecular weight is 382 g/mol. The number of rotatable bonds is 3. The van der Waals surface area contributed by atoms with Gasteiger partial charge < -0.3 is 19.5 Å². The summed E-state index contributed by atoms with van der Waals surface area (Å²) in [5.74, 6) is 0.785. The van der Waals surface area contributed by atoms with Crippen molar-refractivity contribution in [2.75, 3.05) is 13.1 Å². The van der Waals surface area contributed by atoms with Gasteiger partial charge in [0.15, 0.2) is 6.10 Å². The molecule has 2 amide bonds. The first kappa shape index (κ1) is 18.7. The van der Waals surface area contributed by atoms with E-state index in [0.29, 0.717) is 38.0 Å². The Morgan fingerprint density at radius 3 is 2.61 bits per heavy atom. The zero-order chi connectivity index (χ0) is 19.7. The Hall–Kier alpha value is -2.67. The highest BCUT2D eigenvalue weighted by Crippen LogP contribution is 2.40. The van der Waals surface area contributed by atoms with Crippen LogP contribution in [0.1, 0.15) is 42.9 Å². The van der Waals surface area contributed by atoms with Crippen LogP contribution < -0.4 is 5.32 Å². The minimum Gasteiger partial charge on any atom is -0.352 e. The van der Waals surface area contributed by atoms with Crippen molar-refractivity contribution in [3.63, 3.8) is 0 Å². The minimum absolute atomic E-state index is 0.0312. The Bertz CT molecular complexity index is 854. The number of piperidine rings is 1. The third-order valence-corrected chi connectivity index (χ3v) is 5.46. The summed E-state index contributed by atoms with van der Waals surface area (Å²) in [6.45, 7) is 5.47. The van der Waals surface area contributed by atoms with Crippen LogP contribution in [0.4, 0.5) is 0 Å². The smallest absolute Gasteiger partial charge is 0.253 e. The fourth-order valence-corrected chi connectivity index (χ4v) is 4.09. The van der Waals surface area contributed by atoms with Crippen molar-refractivity contribution in [2.45, 2.75) is 51.0 Å². The molecule has 1 aromatic heterocycles. The van der Waals surface area contributed by atoms with Crippen molar-refractivity contribution in [1.82, 2.24) is 19.8 Å². The second-order valence-corrected chi connectivity index (χ2v) is 7.83. The fraction of sp³-hybridized carbons (Fsp3) is 0.476. The molecule has 1 N–H and O–H groups in total. The van der Waals surface area contributed by atoms with Crippen molar-refractivity contribution >= 4 is 11.8 Å². The number of benzene rings is 1. The SMILES string of the molecule is CC(C)NC(=O)C1Cn2ccnc2C2(CCN(C(=O)c3ccccc3)CC2)O1. The van der Waals surface area contributed by atoms with E-state index < -0.39 is 11.7 Å². The van der Waals surface area contributed by atoms with Gasteiger partial charge in [-0.1, -0.05) is 18.2 Å². The molecule has 148 valence electrons. The summed E-state index contributed by atoms with van der Waals surface area (Å²) in [5, 5.41) is 2.94. The first-order valence-electron chi connectivity index (χ1n) is 9.83. The first-order chi connectivity index (χ1) is 13.5. The highest BCUT2D eigenvalue weighted by atomic mass is 16.5. The van der Waals surface area contributed by atoms with Gasteiger partial charge in [0.05, 0.1) is 6.54 Å². The quantitative estimate of drug-likeness (QED) is 0.880. The van der Waals surface area contributed by atoms with Crippen LogP contribution in [0.25, 0.3) is 0 Å². The zero-order valence-electron chi connectivity index (χ0n) is 16.3. The van der Waals surface area contributed by atoms with Crippen LogP contribution in [0.3, 0.4) is 0 Å². The molecule has 1 fully saturated rings. The summed E-state index contributed by atoms with van der Waals surface area (Å²) >= 11 is 0. The maximum atomic E-state index is 12.8. The molecule has 0 aliphatic carbocycles. The number of nitrogens with zero attached hydrogens (tertiary/aromatic N) is 3. The van der Waals surface area contributed by atoms with Crippen LogP contribution in [0, 0.1) is 0 Å². The number of fused-ring (bicyclic) bond motifs is 2. The molecule has 4 rings (SSSR count). The van der Waals surface area contributed by atoms with Gasteiger partial charge >= 0.3 is 0 Å². The van der Waals surface area contributed by atoms with Crippen molar-refractivity contribution < 1.29 is 14.3 Å². The van der Waals surface area contributed by atoms with Crippen molar-refractivity contribution in [3.05, 3.63) is 54.1 Å². The van der Waals surface area contributed by atoms with Gasteiger partial charge in [-0.05, 0) is 26.0 Å². The Kier molecular flexibility index (Phi) is 4.93. The molecule has 2 aliphatic rings. The van der Waals surface area contributed by atoms with E-state index in [1.54, 1.807) is 6.20 Å². The van der Waals surface area contributed by atoms with E-state index in [2.05, 4.69) is 10.3 Å². The summed E-state index contributed by atoms with van der Waals surface area (Å²) in [4.78, 5) is 31.7. The number of likely N-dealkylation sites (tertiary alicyclic amines) is 1. The molecule has 28 heavy (non-hydrogen) atoms. The average Bonchev–Trinajstić information content (AvgIpc) is 3.18. The minimum atomic E-state index is -0.631. The van der Waals surface area contributed by atoms with E-state index in [1.165, 1.54) is 0 Å². The summed E-state index contributed by atoms with van der Waals surface area (Å²) in [6, 6.07) is 9.38. The van der Waals surface area contributed by atoms with Crippen molar-refractivity contribution in [2.24, 2.45) is 0 Å². The molecule has 7 heteroatoms. The molecular formula is C21H26N4O3. The molecule has 1 spiro atoms. The summed E-state index contributed by atoms with van der Waals surface area (Å²) < 4.78 is 8.38. The molecule has 1 atom stereocenters. The van der Waals surface area contributed by atoms with Gasteiger partial charge in [-0.3, -0.25) is 9.59 Å². The van der Waals surface area contributed by atoms with Crippen molar-refractivity contribution in [1.29, 1.82) is 0 Å². The van der Waals surface area contributed by atoms with Crippen LogP contribution in [0.2, 0.25) is 0 Å². The lowest BCUT2D eigenvalue weighted by molar-refractivity contribution is -0.172. The van der Waals surface area contributed by atoms with Crippen LogP contribution in [0.15, 0.2) is 42.7 Å². The zero-order valence-corrected chi connectivity index (χ0v) is 16.3. The first-order valence-corrected chi connectivity index (χ1v) is 9.83. The number of ether oxygens (including phenoxy) is 1. The summed E-state index contributed by atoms with van der Waals surface area (Å²) in [7, 11) is 0. The molecule has 0 saturated carbocycles. The predicted molar refractivity (Wildman–Crippen MR) is 104 cm³/mol. The fourth-order valence-electron chi connectivity index (χ4n) is 4.09. The second-order valence-electron chi connectivity index (χ2n) is 7.83. The van der Waals surface area contributed by atoms with E-state index in [1.807, 2.05) is 59.8 Å². The van der Waals surface area contributed by atoms with E-state index in [-0.39, 0.29) is 17.9 Å².